The van der Waals surface area contributed by atoms with E-state index in [1.807, 2.05) is 0 Å². The van der Waals surface area contributed by atoms with Crippen LogP contribution in [0.25, 0.3) is 10.9 Å². The highest BCUT2D eigenvalue weighted by atomic mass is 127. The minimum absolute atomic E-state index is 0.0440. The van der Waals surface area contributed by atoms with Crippen molar-refractivity contribution in [2.45, 2.75) is 58.3 Å². The Morgan fingerprint density at radius 3 is 2.43 bits per heavy atom. The average Bonchev–Trinajstić information content (AvgIpc) is 3.02. The molecule has 1 aromatic carbocycles. The van der Waals surface area contributed by atoms with Crippen LogP contribution >= 0.6 is 22.6 Å². The number of ether oxygens (including phenoxy) is 5. The zero-order chi connectivity index (χ0) is 26.0. The Bertz CT molecular complexity index is 1180. The molecular formula is C23H32INO9S. The lowest BCUT2D eigenvalue weighted by molar-refractivity contribution is -0.161. The summed E-state index contributed by atoms with van der Waals surface area (Å²) in [5, 5.41) is 0.560. The summed E-state index contributed by atoms with van der Waals surface area (Å²) in [6, 6.07) is 1.53. The fourth-order valence-electron chi connectivity index (χ4n) is 3.86. The summed E-state index contributed by atoms with van der Waals surface area (Å²) >= 11 is 2.07. The van der Waals surface area contributed by atoms with E-state index in [9.17, 15) is 13.2 Å². The highest BCUT2D eigenvalue weighted by molar-refractivity contribution is 14.1. The Balaban J connectivity index is 2.16. The van der Waals surface area contributed by atoms with E-state index < -0.39 is 21.8 Å². The molecule has 0 spiro atoms. The molecular weight excluding hydrogens is 593 g/mol. The summed E-state index contributed by atoms with van der Waals surface area (Å²) < 4.78 is 59.3. The number of methoxy groups -OCH3 is 2. The van der Waals surface area contributed by atoms with Crippen LogP contribution < -0.4 is 13.7 Å². The molecule has 1 saturated heterocycles. The second-order valence-electron chi connectivity index (χ2n) is 9.13. The first-order valence-corrected chi connectivity index (χ1v) is 14.1. The zero-order valence-electron chi connectivity index (χ0n) is 20.8. The molecule has 1 aliphatic rings. The monoisotopic (exact) mass is 625 g/mol. The topological polar surface area (TPSA) is 112 Å². The summed E-state index contributed by atoms with van der Waals surface area (Å²) in [7, 11) is -1.10. The van der Waals surface area contributed by atoms with Gasteiger partial charge in [0, 0.05) is 12.0 Å². The number of carbonyl (C=O) groups excluding carboxylic acids is 1. The molecule has 0 amide bonds. The summed E-state index contributed by atoms with van der Waals surface area (Å²) in [5.41, 5.74) is 0.393. The standard InChI is InChI=1S/C23H32INO9S/c1-23(2,3)33-22(26)25-18-15(13-16(34-35(6,27)28)19(29-4)20(18)30-5)14(21(25)24)10-12-32-17-9-7-8-11-31-17/h13,17H,7-12H2,1-6H3. The number of fused-ring (bicyclic) bond motifs is 1. The van der Waals surface area contributed by atoms with Crippen LogP contribution in [0.1, 0.15) is 45.6 Å². The van der Waals surface area contributed by atoms with Crippen LogP contribution in [0.3, 0.4) is 0 Å². The Morgan fingerprint density at radius 1 is 1.20 bits per heavy atom. The van der Waals surface area contributed by atoms with Crippen LogP contribution in [0.5, 0.6) is 17.2 Å². The number of hydrogen-bond acceptors (Lipinski definition) is 9. The van der Waals surface area contributed by atoms with Gasteiger partial charge in [0.2, 0.25) is 5.75 Å². The number of hydrogen-bond donors (Lipinski definition) is 0. The van der Waals surface area contributed by atoms with Gasteiger partial charge in [0.05, 0.1) is 30.8 Å². The van der Waals surface area contributed by atoms with Gasteiger partial charge >= 0.3 is 16.2 Å². The lowest BCUT2D eigenvalue weighted by Gasteiger charge is -2.22. The van der Waals surface area contributed by atoms with E-state index in [1.165, 1.54) is 24.9 Å². The van der Waals surface area contributed by atoms with Gasteiger partial charge in [-0.25, -0.2) is 9.36 Å². The van der Waals surface area contributed by atoms with Crippen molar-refractivity contribution in [3.05, 3.63) is 15.3 Å². The van der Waals surface area contributed by atoms with E-state index in [-0.39, 0.29) is 23.5 Å². The normalized spacial score (nSPS) is 16.8. The molecule has 12 heteroatoms. The van der Waals surface area contributed by atoms with E-state index in [0.717, 1.165) is 31.1 Å². The molecule has 0 bridgehead atoms. The maximum Gasteiger partial charge on any atom is 0.420 e. The van der Waals surface area contributed by atoms with Crippen LogP contribution in [0.4, 0.5) is 4.79 Å². The van der Waals surface area contributed by atoms with Gasteiger partial charge in [0.1, 0.15) is 11.1 Å². The lowest BCUT2D eigenvalue weighted by atomic mass is 10.1. The Labute approximate surface area is 219 Å². The molecule has 0 radical (unpaired) electrons. The second-order valence-corrected chi connectivity index (χ2v) is 11.7. The molecule has 1 unspecified atom stereocenters. The molecule has 3 rings (SSSR count). The lowest BCUT2D eigenvalue weighted by Crippen LogP contribution is -2.28. The van der Waals surface area contributed by atoms with Crippen LogP contribution in [-0.2, 0) is 30.7 Å². The molecule has 1 atom stereocenters. The van der Waals surface area contributed by atoms with Crippen molar-refractivity contribution < 1.29 is 41.1 Å². The SMILES string of the molecule is COc1c(OS(C)(=O)=O)cc2c(CCOC3CCCCO3)c(I)n(C(=O)OC(C)(C)C)c2c1OC. The van der Waals surface area contributed by atoms with Crippen molar-refractivity contribution in [1.82, 2.24) is 4.57 Å². The van der Waals surface area contributed by atoms with Gasteiger partial charge in [-0.05, 0) is 80.7 Å². The maximum absolute atomic E-state index is 13.3. The van der Waals surface area contributed by atoms with Gasteiger partial charge in [-0.2, -0.15) is 8.42 Å². The van der Waals surface area contributed by atoms with Crippen molar-refractivity contribution in [3.8, 4) is 17.2 Å². The first kappa shape index (κ1) is 27.8. The van der Waals surface area contributed by atoms with Gasteiger partial charge in [-0.3, -0.25) is 0 Å². The highest BCUT2D eigenvalue weighted by Crippen LogP contribution is 2.47. The predicted octanol–water partition coefficient (Wildman–Crippen LogP) is 4.47. The predicted molar refractivity (Wildman–Crippen MR) is 138 cm³/mol. The second kappa shape index (κ2) is 11.1. The summed E-state index contributed by atoms with van der Waals surface area (Å²) in [5.74, 6) is 0.146. The number of nitrogens with zero attached hydrogens (tertiary/aromatic N) is 1. The molecule has 0 saturated carbocycles. The molecule has 196 valence electrons. The number of benzene rings is 1. The van der Waals surface area contributed by atoms with Gasteiger partial charge in [-0.15, -0.1) is 0 Å². The fraction of sp³-hybridized carbons (Fsp3) is 0.609. The number of rotatable bonds is 8. The van der Waals surface area contributed by atoms with Crippen LogP contribution in [-0.4, -0.2) is 64.7 Å². The van der Waals surface area contributed by atoms with Crippen molar-refractivity contribution >= 4 is 49.7 Å². The number of halogens is 1. The van der Waals surface area contributed by atoms with Crippen LogP contribution in [0.2, 0.25) is 0 Å². The smallest absolute Gasteiger partial charge is 0.420 e. The zero-order valence-corrected chi connectivity index (χ0v) is 23.8. The molecule has 1 aliphatic heterocycles. The van der Waals surface area contributed by atoms with Crippen molar-refractivity contribution in [2.75, 3.05) is 33.7 Å². The fourth-order valence-corrected chi connectivity index (χ4v) is 5.31. The summed E-state index contributed by atoms with van der Waals surface area (Å²) in [4.78, 5) is 13.3. The quantitative estimate of drug-likeness (QED) is 0.310. The van der Waals surface area contributed by atoms with E-state index >= 15 is 0 Å². The average molecular weight is 625 g/mol. The number of aromatic nitrogens is 1. The maximum atomic E-state index is 13.3. The third-order valence-corrected chi connectivity index (χ3v) is 6.80. The third-order valence-electron chi connectivity index (χ3n) is 5.19. The third kappa shape index (κ3) is 6.71. The van der Waals surface area contributed by atoms with Gasteiger partial charge in [0.15, 0.2) is 17.8 Å². The Morgan fingerprint density at radius 2 is 1.89 bits per heavy atom. The largest absolute Gasteiger partial charge is 0.491 e. The minimum atomic E-state index is -3.87. The Kier molecular flexibility index (Phi) is 8.82. The van der Waals surface area contributed by atoms with E-state index in [2.05, 4.69) is 22.6 Å². The van der Waals surface area contributed by atoms with Crippen molar-refractivity contribution in [1.29, 1.82) is 0 Å². The van der Waals surface area contributed by atoms with Crippen molar-refractivity contribution in [3.63, 3.8) is 0 Å². The summed E-state index contributed by atoms with van der Waals surface area (Å²) in [6.07, 6.45) is 3.39. The van der Waals surface area contributed by atoms with Crippen LogP contribution in [0, 0.1) is 3.70 Å². The molecule has 1 fully saturated rings. The van der Waals surface area contributed by atoms with E-state index in [0.29, 0.717) is 34.2 Å². The molecule has 1 aromatic heterocycles. The molecule has 0 N–H and O–H groups in total. The minimum Gasteiger partial charge on any atom is -0.491 e. The molecule has 35 heavy (non-hydrogen) atoms. The first-order valence-electron chi connectivity index (χ1n) is 11.2. The van der Waals surface area contributed by atoms with Gasteiger partial charge in [0.25, 0.3) is 0 Å². The molecule has 10 nitrogen and oxygen atoms in total. The van der Waals surface area contributed by atoms with Gasteiger partial charge < -0.3 is 27.9 Å². The first-order chi connectivity index (χ1) is 16.4. The van der Waals surface area contributed by atoms with Crippen LogP contribution in [0.15, 0.2) is 6.07 Å². The van der Waals surface area contributed by atoms with Gasteiger partial charge in [-0.1, -0.05) is 0 Å². The highest BCUT2D eigenvalue weighted by Gasteiger charge is 2.31. The van der Waals surface area contributed by atoms with E-state index in [4.69, 9.17) is 27.9 Å². The van der Waals surface area contributed by atoms with E-state index in [1.54, 1.807) is 20.8 Å². The molecule has 2 aromatic rings. The molecule has 0 aliphatic carbocycles. The summed E-state index contributed by atoms with van der Waals surface area (Å²) in [6.45, 7) is 6.34. The Hall–Kier alpha value is -1.77. The number of carbonyl (C=O) groups is 1. The van der Waals surface area contributed by atoms with Crippen molar-refractivity contribution in [2.24, 2.45) is 0 Å². The molecule has 2 heterocycles.